The molecule has 2 nitrogen and oxygen atoms in total. The average molecular weight is 156 g/mol. The van der Waals surface area contributed by atoms with E-state index >= 15 is 0 Å². The summed E-state index contributed by atoms with van der Waals surface area (Å²) in [5.41, 5.74) is 0. The molecule has 3 heteroatoms. The molecule has 0 aliphatic rings. The van der Waals surface area contributed by atoms with Crippen molar-refractivity contribution < 1.29 is 0 Å². The van der Waals surface area contributed by atoms with Crippen LogP contribution in [-0.2, 0) is 6.54 Å². The number of thiol groups is 1. The summed E-state index contributed by atoms with van der Waals surface area (Å²) in [7, 11) is 0. The van der Waals surface area contributed by atoms with E-state index in [-0.39, 0.29) is 0 Å². The van der Waals surface area contributed by atoms with E-state index in [0.29, 0.717) is 5.92 Å². The van der Waals surface area contributed by atoms with Gasteiger partial charge in [0.15, 0.2) is 0 Å². The zero-order chi connectivity index (χ0) is 7.40. The standard InChI is InChI=1S/C7H12N2S/c1-7(6-10)5-9-4-2-3-8-9/h2-4,7,10H,5-6H2,1H3. The first-order valence-corrected chi connectivity index (χ1v) is 4.04. The van der Waals surface area contributed by atoms with Crippen molar-refractivity contribution in [1.29, 1.82) is 0 Å². The number of hydrogen-bond acceptors (Lipinski definition) is 2. The van der Waals surface area contributed by atoms with Crippen LogP contribution in [0.4, 0.5) is 0 Å². The van der Waals surface area contributed by atoms with Crippen molar-refractivity contribution >= 4 is 12.6 Å². The normalized spacial score (nSPS) is 13.4. The molecular formula is C7H12N2S. The summed E-state index contributed by atoms with van der Waals surface area (Å²) >= 11 is 4.19. The van der Waals surface area contributed by atoms with Crippen LogP contribution in [0.2, 0.25) is 0 Å². The maximum absolute atomic E-state index is 4.19. The summed E-state index contributed by atoms with van der Waals surface area (Å²) < 4.78 is 1.93. The van der Waals surface area contributed by atoms with Gasteiger partial charge in [-0.3, -0.25) is 4.68 Å². The van der Waals surface area contributed by atoms with Crippen molar-refractivity contribution in [2.75, 3.05) is 5.75 Å². The molecule has 0 spiro atoms. The van der Waals surface area contributed by atoms with Gasteiger partial charge in [0.1, 0.15) is 0 Å². The van der Waals surface area contributed by atoms with Gasteiger partial charge in [0.05, 0.1) is 0 Å². The maximum Gasteiger partial charge on any atom is 0.0489 e. The molecule has 1 unspecified atom stereocenters. The van der Waals surface area contributed by atoms with Gasteiger partial charge in [0.25, 0.3) is 0 Å². The van der Waals surface area contributed by atoms with Crippen molar-refractivity contribution in [3.63, 3.8) is 0 Å². The van der Waals surface area contributed by atoms with E-state index < -0.39 is 0 Å². The third-order valence-corrected chi connectivity index (χ3v) is 1.99. The number of hydrogen-bond donors (Lipinski definition) is 1. The van der Waals surface area contributed by atoms with Crippen LogP contribution in [0.3, 0.4) is 0 Å². The van der Waals surface area contributed by atoms with Gasteiger partial charge in [0, 0.05) is 18.9 Å². The molecule has 0 saturated heterocycles. The van der Waals surface area contributed by atoms with Gasteiger partial charge < -0.3 is 0 Å². The fourth-order valence-corrected chi connectivity index (χ4v) is 0.901. The molecule has 56 valence electrons. The van der Waals surface area contributed by atoms with E-state index in [0.717, 1.165) is 12.3 Å². The van der Waals surface area contributed by atoms with Crippen LogP contribution in [0.1, 0.15) is 6.92 Å². The minimum Gasteiger partial charge on any atom is -0.272 e. The smallest absolute Gasteiger partial charge is 0.0489 e. The predicted octanol–water partition coefficient (Wildman–Crippen LogP) is 1.45. The highest BCUT2D eigenvalue weighted by Crippen LogP contribution is 2.00. The van der Waals surface area contributed by atoms with Crippen molar-refractivity contribution in [3.8, 4) is 0 Å². The van der Waals surface area contributed by atoms with E-state index in [1.54, 1.807) is 6.20 Å². The van der Waals surface area contributed by atoms with Gasteiger partial charge in [-0.1, -0.05) is 6.92 Å². The summed E-state index contributed by atoms with van der Waals surface area (Å²) in [5, 5.41) is 4.09. The Balaban J connectivity index is 2.40. The number of aromatic nitrogens is 2. The van der Waals surface area contributed by atoms with Gasteiger partial charge in [-0.15, -0.1) is 0 Å². The van der Waals surface area contributed by atoms with Gasteiger partial charge in [0.2, 0.25) is 0 Å². The molecule has 0 radical (unpaired) electrons. The summed E-state index contributed by atoms with van der Waals surface area (Å²) in [6.45, 7) is 3.13. The van der Waals surface area contributed by atoms with Crippen molar-refractivity contribution in [3.05, 3.63) is 18.5 Å². The highest BCUT2D eigenvalue weighted by Gasteiger charge is 1.98. The lowest BCUT2D eigenvalue weighted by Gasteiger charge is -2.06. The molecule has 1 heterocycles. The molecule has 0 N–H and O–H groups in total. The Morgan fingerprint density at radius 3 is 3.00 bits per heavy atom. The maximum atomic E-state index is 4.19. The second kappa shape index (κ2) is 3.66. The van der Waals surface area contributed by atoms with Crippen LogP contribution in [-0.4, -0.2) is 15.5 Å². The monoisotopic (exact) mass is 156 g/mol. The second-order valence-corrected chi connectivity index (χ2v) is 2.88. The third-order valence-electron chi connectivity index (χ3n) is 1.37. The first-order valence-electron chi connectivity index (χ1n) is 3.41. The summed E-state index contributed by atoms with van der Waals surface area (Å²) in [5.74, 6) is 1.52. The van der Waals surface area contributed by atoms with Crippen LogP contribution in [0, 0.1) is 5.92 Å². The third kappa shape index (κ3) is 2.06. The molecule has 1 atom stereocenters. The van der Waals surface area contributed by atoms with Crippen LogP contribution < -0.4 is 0 Å². The lowest BCUT2D eigenvalue weighted by molar-refractivity contribution is 0.490. The van der Waals surface area contributed by atoms with Crippen LogP contribution in [0.25, 0.3) is 0 Å². The van der Waals surface area contributed by atoms with E-state index in [4.69, 9.17) is 0 Å². The Labute approximate surface area is 66.7 Å². The summed E-state index contributed by atoms with van der Waals surface area (Å²) in [6.07, 6.45) is 3.77. The molecule has 0 aromatic carbocycles. The van der Waals surface area contributed by atoms with Crippen LogP contribution >= 0.6 is 12.6 Å². The van der Waals surface area contributed by atoms with Gasteiger partial charge in [-0.05, 0) is 17.7 Å². The fraction of sp³-hybridized carbons (Fsp3) is 0.571. The second-order valence-electron chi connectivity index (χ2n) is 2.52. The first-order chi connectivity index (χ1) is 4.83. The van der Waals surface area contributed by atoms with E-state index in [1.807, 2.05) is 16.9 Å². The predicted molar refractivity (Wildman–Crippen MR) is 45.2 cm³/mol. The van der Waals surface area contributed by atoms with Crippen molar-refractivity contribution in [2.24, 2.45) is 5.92 Å². The lowest BCUT2D eigenvalue weighted by atomic mass is 10.2. The highest BCUT2D eigenvalue weighted by atomic mass is 32.1. The molecule has 0 aliphatic heterocycles. The first kappa shape index (κ1) is 7.66. The van der Waals surface area contributed by atoms with Gasteiger partial charge >= 0.3 is 0 Å². The molecule has 1 aromatic heterocycles. The highest BCUT2D eigenvalue weighted by molar-refractivity contribution is 7.80. The Bertz CT molecular complexity index is 172. The molecule has 1 aromatic rings. The molecule has 0 aliphatic carbocycles. The average Bonchev–Trinajstić information content (AvgIpc) is 2.40. The SMILES string of the molecule is CC(CS)Cn1cccn1. The van der Waals surface area contributed by atoms with Gasteiger partial charge in [-0.2, -0.15) is 17.7 Å². The quantitative estimate of drug-likeness (QED) is 0.656. The van der Waals surface area contributed by atoms with Gasteiger partial charge in [-0.25, -0.2) is 0 Å². The zero-order valence-electron chi connectivity index (χ0n) is 6.07. The summed E-state index contributed by atoms with van der Waals surface area (Å²) in [4.78, 5) is 0. The molecule has 1 rings (SSSR count). The Morgan fingerprint density at radius 1 is 1.70 bits per heavy atom. The Kier molecular flexibility index (Phi) is 2.81. The van der Waals surface area contributed by atoms with E-state index in [9.17, 15) is 0 Å². The Morgan fingerprint density at radius 2 is 2.50 bits per heavy atom. The van der Waals surface area contributed by atoms with Crippen LogP contribution in [0.15, 0.2) is 18.5 Å². The topological polar surface area (TPSA) is 17.8 Å². The Hall–Kier alpha value is -0.440. The molecule has 0 amide bonds. The van der Waals surface area contributed by atoms with Crippen LogP contribution in [0.5, 0.6) is 0 Å². The summed E-state index contributed by atoms with van der Waals surface area (Å²) in [6, 6.07) is 1.94. The fourth-order valence-electron chi connectivity index (χ4n) is 0.786. The molecule has 10 heavy (non-hydrogen) atoms. The number of nitrogens with zero attached hydrogens (tertiary/aromatic N) is 2. The van der Waals surface area contributed by atoms with E-state index in [2.05, 4.69) is 24.7 Å². The zero-order valence-corrected chi connectivity index (χ0v) is 6.96. The van der Waals surface area contributed by atoms with Crippen molar-refractivity contribution in [2.45, 2.75) is 13.5 Å². The lowest BCUT2D eigenvalue weighted by Crippen LogP contribution is -2.08. The molecule has 0 fully saturated rings. The largest absolute Gasteiger partial charge is 0.272 e. The number of rotatable bonds is 3. The molecule has 0 bridgehead atoms. The minimum atomic E-state index is 0.600. The van der Waals surface area contributed by atoms with Crippen molar-refractivity contribution in [1.82, 2.24) is 9.78 Å². The molecular weight excluding hydrogens is 144 g/mol. The minimum absolute atomic E-state index is 0.600. The molecule has 0 saturated carbocycles. The van der Waals surface area contributed by atoms with E-state index in [1.165, 1.54) is 0 Å².